The predicted octanol–water partition coefficient (Wildman–Crippen LogP) is 16.4. The zero-order valence-electron chi connectivity index (χ0n) is 35.9. The molecule has 11 aromatic rings. The second-order valence-electron chi connectivity index (χ2n) is 17.0. The summed E-state index contributed by atoms with van der Waals surface area (Å²) in [6.45, 7) is 5.91. The second-order valence-corrected chi connectivity index (χ2v) is 17.0. The smallest absolute Gasteiger partial charge is 0.309 e. The first-order valence-corrected chi connectivity index (χ1v) is 21.6. The summed E-state index contributed by atoms with van der Waals surface area (Å²) in [5.41, 5.74) is 14.4. The van der Waals surface area contributed by atoms with Gasteiger partial charge >= 0.3 is 6.18 Å². The Bertz CT molecular complexity index is 3760. The molecule has 0 unspecified atom stereocenters. The molecule has 6 heteroatoms. The summed E-state index contributed by atoms with van der Waals surface area (Å²) in [6, 6.07) is 64.5. The first-order valence-electron chi connectivity index (χ1n) is 21.6. The molecule has 0 amide bonds. The monoisotopic (exact) mass is 847 g/mol. The van der Waals surface area contributed by atoms with E-state index in [9.17, 15) is 18.4 Å². The van der Waals surface area contributed by atoms with E-state index in [1.54, 1.807) is 19.1 Å². The summed E-state index contributed by atoms with van der Waals surface area (Å²) >= 11 is 0. The third kappa shape index (κ3) is 6.67. The molecule has 3 nitrogen and oxygen atoms in total. The van der Waals surface area contributed by atoms with Crippen molar-refractivity contribution in [1.29, 1.82) is 5.26 Å². The Morgan fingerprint density at radius 2 is 0.938 bits per heavy atom. The van der Waals surface area contributed by atoms with Gasteiger partial charge in [0.2, 0.25) is 0 Å². The van der Waals surface area contributed by atoms with Crippen LogP contribution in [-0.4, -0.2) is 9.13 Å². The molecule has 2 aromatic heterocycles. The van der Waals surface area contributed by atoms with E-state index in [0.29, 0.717) is 22.3 Å². The summed E-state index contributed by atoms with van der Waals surface area (Å²) in [4.78, 5) is 0. The van der Waals surface area contributed by atoms with Crippen molar-refractivity contribution in [2.75, 3.05) is 0 Å². The number of halogens is 3. The third-order valence-corrected chi connectivity index (χ3v) is 12.8. The van der Waals surface area contributed by atoms with Gasteiger partial charge in [0.15, 0.2) is 0 Å². The van der Waals surface area contributed by atoms with Gasteiger partial charge in [-0.25, -0.2) is 0 Å². The van der Waals surface area contributed by atoms with Crippen LogP contribution in [0.25, 0.3) is 99.5 Å². The lowest BCUT2D eigenvalue weighted by Gasteiger charge is -2.21. The summed E-state index contributed by atoms with van der Waals surface area (Å²) < 4.78 is 49.2. The number of fused-ring (bicyclic) bond motifs is 6. The van der Waals surface area contributed by atoms with Gasteiger partial charge in [0.1, 0.15) is 0 Å². The van der Waals surface area contributed by atoms with Gasteiger partial charge in [-0.05, 0) is 126 Å². The fraction of sp³-hybridized carbons (Fsp3) is 0.0678. The Balaban J connectivity index is 1.23. The van der Waals surface area contributed by atoms with E-state index >= 15 is 0 Å². The van der Waals surface area contributed by atoms with Crippen molar-refractivity contribution in [2.45, 2.75) is 26.9 Å². The molecule has 0 aliphatic rings. The van der Waals surface area contributed by atoms with E-state index in [4.69, 9.17) is 0 Å². The minimum absolute atomic E-state index is 0.133. The Kier molecular flexibility index (Phi) is 9.34. The number of para-hydroxylation sites is 2. The summed E-state index contributed by atoms with van der Waals surface area (Å²) in [7, 11) is 0. The predicted molar refractivity (Wildman–Crippen MR) is 261 cm³/mol. The van der Waals surface area contributed by atoms with Crippen LogP contribution in [0.4, 0.5) is 13.2 Å². The molecule has 0 saturated carbocycles. The van der Waals surface area contributed by atoms with E-state index in [-0.39, 0.29) is 5.56 Å². The normalized spacial score (nSPS) is 11.8. The first-order chi connectivity index (χ1) is 31.6. The van der Waals surface area contributed by atoms with Crippen LogP contribution in [0.3, 0.4) is 0 Å². The molecule has 2 heterocycles. The van der Waals surface area contributed by atoms with Gasteiger partial charge in [-0.15, -0.1) is 0 Å². The maximum absolute atomic E-state index is 14.9. The van der Waals surface area contributed by atoms with E-state index in [1.165, 1.54) is 17.2 Å². The van der Waals surface area contributed by atoms with Gasteiger partial charge in [-0.1, -0.05) is 132 Å². The minimum atomic E-state index is -4.58. The van der Waals surface area contributed by atoms with Crippen molar-refractivity contribution in [3.05, 3.63) is 216 Å². The van der Waals surface area contributed by atoms with Crippen molar-refractivity contribution in [3.8, 4) is 62.0 Å². The lowest BCUT2D eigenvalue weighted by Crippen LogP contribution is -2.08. The fourth-order valence-electron chi connectivity index (χ4n) is 9.88. The number of nitriles is 1. The van der Waals surface area contributed by atoms with E-state index in [1.807, 2.05) is 54.6 Å². The molecule has 0 aliphatic carbocycles. The molecule has 0 atom stereocenters. The summed E-state index contributed by atoms with van der Waals surface area (Å²) in [5.74, 6) is 0. The number of hydrogen-bond donors (Lipinski definition) is 0. The number of aryl methyl sites for hydroxylation is 3. The molecule has 65 heavy (non-hydrogen) atoms. The first kappa shape index (κ1) is 39.7. The Labute approximate surface area is 374 Å². The topological polar surface area (TPSA) is 33.6 Å². The number of hydrogen-bond acceptors (Lipinski definition) is 1. The standard InChI is InChI=1S/C59H40F3N3/c1-36-11-8-14-40(29-36)42-22-26-54-48(32-42)45-16-4-6-19-52(45)64(54)55-28-24-44(58-38(3)13-10-18-51(58)59(60,61)62)34-50(55)47-25-21-39(35-63)31-57(47)65-53-20-7-5-17-46(53)49-33-43(23-27-56(49)65)41-15-9-12-37(2)30-41/h4-34H,1-3H3. The molecule has 312 valence electrons. The highest BCUT2D eigenvalue weighted by Gasteiger charge is 2.34. The van der Waals surface area contributed by atoms with Gasteiger partial charge in [0.25, 0.3) is 0 Å². The quantitative estimate of drug-likeness (QED) is 0.164. The molecule has 9 aromatic carbocycles. The molecule has 0 fully saturated rings. The van der Waals surface area contributed by atoms with E-state index in [0.717, 1.165) is 88.9 Å². The molecule has 11 rings (SSSR count). The van der Waals surface area contributed by atoms with E-state index in [2.05, 4.69) is 138 Å². The van der Waals surface area contributed by atoms with E-state index < -0.39 is 11.7 Å². The number of aromatic nitrogens is 2. The van der Waals surface area contributed by atoms with Crippen LogP contribution in [0, 0.1) is 32.1 Å². The van der Waals surface area contributed by atoms with Gasteiger partial charge in [0.05, 0.1) is 50.6 Å². The molecular weight excluding hydrogens is 808 g/mol. The average Bonchev–Trinajstić information content (AvgIpc) is 3.83. The summed E-state index contributed by atoms with van der Waals surface area (Å²) in [6.07, 6.45) is -4.58. The second kappa shape index (κ2) is 15.3. The van der Waals surface area contributed by atoms with Crippen LogP contribution in [-0.2, 0) is 6.18 Å². The van der Waals surface area contributed by atoms with Crippen molar-refractivity contribution < 1.29 is 13.2 Å². The van der Waals surface area contributed by atoms with Crippen molar-refractivity contribution in [2.24, 2.45) is 0 Å². The van der Waals surface area contributed by atoms with Crippen LogP contribution in [0.2, 0.25) is 0 Å². The molecule has 0 saturated heterocycles. The fourth-order valence-corrected chi connectivity index (χ4v) is 9.88. The molecule has 0 radical (unpaired) electrons. The zero-order valence-corrected chi connectivity index (χ0v) is 35.9. The van der Waals surface area contributed by atoms with Crippen molar-refractivity contribution in [3.63, 3.8) is 0 Å². The minimum Gasteiger partial charge on any atom is -0.309 e. The van der Waals surface area contributed by atoms with Crippen LogP contribution in [0.5, 0.6) is 0 Å². The lowest BCUT2D eigenvalue weighted by molar-refractivity contribution is -0.137. The van der Waals surface area contributed by atoms with Crippen LogP contribution < -0.4 is 0 Å². The number of nitrogens with zero attached hydrogens (tertiary/aromatic N) is 3. The SMILES string of the molecule is Cc1cccc(-c2ccc3c(c2)c2ccccc2n3-c2ccc(-c3c(C)cccc3C(F)(F)F)cc2-c2ccc(C#N)cc2-n2c3ccccc3c3cc(-c4cccc(C)c4)ccc32)c1. The highest BCUT2D eigenvalue weighted by Crippen LogP contribution is 2.46. The molecule has 0 bridgehead atoms. The number of alkyl halides is 3. The van der Waals surface area contributed by atoms with Crippen molar-refractivity contribution >= 4 is 43.6 Å². The Morgan fingerprint density at radius 3 is 1.51 bits per heavy atom. The van der Waals surface area contributed by atoms with Gasteiger partial charge < -0.3 is 9.13 Å². The molecule has 0 spiro atoms. The van der Waals surface area contributed by atoms with Crippen LogP contribution in [0.1, 0.15) is 27.8 Å². The van der Waals surface area contributed by atoms with Crippen LogP contribution in [0.15, 0.2) is 188 Å². The summed E-state index contributed by atoms with van der Waals surface area (Å²) in [5, 5.41) is 14.6. The molecule has 0 aliphatic heterocycles. The van der Waals surface area contributed by atoms with Gasteiger partial charge in [-0.2, -0.15) is 18.4 Å². The number of rotatable bonds is 6. The largest absolute Gasteiger partial charge is 0.417 e. The highest BCUT2D eigenvalue weighted by atomic mass is 19.4. The third-order valence-electron chi connectivity index (χ3n) is 12.8. The molecular formula is C59H40F3N3. The maximum Gasteiger partial charge on any atom is 0.417 e. The average molecular weight is 848 g/mol. The van der Waals surface area contributed by atoms with Crippen LogP contribution >= 0.6 is 0 Å². The van der Waals surface area contributed by atoms with Gasteiger partial charge in [-0.3, -0.25) is 0 Å². The maximum atomic E-state index is 14.9. The molecule has 0 N–H and O–H groups in total. The Hall–Kier alpha value is -8.14. The lowest BCUT2D eigenvalue weighted by atomic mass is 9.90. The number of benzene rings is 9. The highest BCUT2D eigenvalue weighted by molar-refractivity contribution is 6.13. The van der Waals surface area contributed by atoms with Gasteiger partial charge in [0, 0.05) is 32.7 Å². The van der Waals surface area contributed by atoms with Crippen molar-refractivity contribution in [1.82, 2.24) is 9.13 Å². The Morgan fingerprint density at radius 1 is 0.415 bits per heavy atom. The zero-order chi connectivity index (χ0) is 44.6.